The van der Waals surface area contributed by atoms with Crippen LogP contribution < -0.4 is 0 Å². The van der Waals surface area contributed by atoms with Gasteiger partial charge in [-0.1, -0.05) is 35.3 Å². The molecule has 1 aromatic carbocycles. The number of halogens is 2. The predicted molar refractivity (Wildman–Crippen MR) is 81.3 cm³/mol. The van der Waals surface area contributed by atoms with Gasteiger partial charge in [0.25, 0.3) is 0 Å². The predicted octanol–water partition coefficient (Wildman–Crippen LogP) is 2.41. The lowest BCUT2D eigenvalue weighted by atomic mass is 10.1. The van der Waals surface area contributed by atoms with Crippen LogP contribution in [0.2, 0.25) is 10.0 Å². The van der Waals surface area contributed by atoms with Crippen molar-refractivity contribution < 1.29 is 19.4 Å². The van der Waals surface area contributed by atoms with Gasteiger partial charge in [0, 0.05) is 12.5 Å². The zero-order valence-electron chi connectivity index (χ0n) is 11.7. The molecular formula is C15H15Cl2NO4. The molecule has 3 rings (SSSR count). The van der Waals surface area contributed by atoms with E-state index in [1.807, 2.05) is 6.07 Å². The Kier molecular flexibility index (Phi) is 4.30. The van der Waals surface area contributed by atoms with E-state index in [1.165, 1.54) is 4.90 Å². The van der Waals surface area contributed by atoms with Crippen molar-refractivity contribution in [2.75, 3.05) is 19.8 Å². The molecule has 1 aliphatic carbocycles. The fraction of sp³-hybridized carbons (Fsp3) is 0.467. The molecule has 3 atom stereocenters. The molecule has 22 heavy (non-hydrogen) atoms. The van der Waals surface area contributed by atoms with Crippen molar-refractivity contribution in [3.05, 3.63) is 33.8 Å². The summed E-state index contributed by atoms with van der Waals surface area (Å²) in [6.45, 7) is 0.712. The maximum Gasteiger partial charge on any atom is 0.328 e. The average Bonchev–Trinajstić information content (AvgIpc) is 3.29. The molecule has 1 saturated carbocycles. The van der Waals surface area contributed by atoms with E-state index in [-0.39, 0.29) is 24.3 Å². The molecule has 7 heteroatoms. The summed E-state index contributed by atoms with van der Waals surface area (Å²) >= 11 is 12.2. The third kappa shape index (κ3) is 2.81. The molecule has 0 radical (unpaired) electrons. The van der Waals surface area contributed by atoms with Crippen molar-refractivity contribution in [2.24, 2.45) is 5.92 Å². The number of nitrogens with zero attached hydrogens (tertiary/aromatic N) is 1. The Bertz CT molecular complexity index is 622. The summed E-state index contributed by atoms with van der Waals surface area (Å²) in [5, 5.41) is 10.1. The largest absolute Gasteiger partial charge is 0.480 e. The van der Waals surface area contributed by atoms with E-state index in [2.05, 4.69) is 0 Å². The molecule has 5 nitrogen and oxygen atoms in total. The Morgan fingerprint density at radius 1 is 1.32 bits per heavy atom. The number of ether oxygens (including phenoxy) is 1. The first-order chi connectivity index (χ1) is 10.5. The number of carboxylic acid groups (broad SMARTS) is 1. The topological polar surface area (TPSA) is 66.8 Å². The number of carbonyl (C=O) groups excluding carboxylic acids is 1. The van der Waals surface area contributed by atoms with Crippen LogP contribution in [0.1, 0.15) is 17.9 Å². The molecule has 1 amide bonds. The van der Waals surface area contributed by atoms with Gasteiger partial charge in [-0.25, -0.2) is 4.79 Å². The lowest BCUT2D eigenvalue weighted by molar-refractivity contribution is -0.158. The van der Waals surface area contributed by atoms with Gasteiger partial charge >= 0.3 is 5.97 Å². The summed E-state index contributed by atoms with van der Waals surface area (Å²) in [5.74, 6) is -1.39. The Labute approximate surface area is 137 Å². The van der Waals surface area contributed by atoms with Crippen molar-refractivity contribution in [2.45, 2.75) is 18.4 Å². The molecule has 1 aromatic rings. The first-order valence-electron chi connectivity index (χ1n) is 7.05. The molecule has 0 unspecified atom stereocenters. The molecule has 2 fully saturated rings. The summed E-state index contributed by atoms with van der Waals surface area (Å²) in [7, 11) is 0. The number of aliphatic carboxylic acids is 1. The van der Waals surface area contributed by atoms with Crippen molar-refractivity contribution in [1.29, 1.82) is 0 Å². The minimum absolute atomic E-state index is 0.0102. The van der Waals surface area contributed by atoms with Crippen LogP contribution >= 0.6 is 23.2 Å². The fourth-order valence-corrected chi connectivity index (χ4v) is 3.35. The third-order valence-corrected chi connectivity index (χ3v) is 5.02. The number of carboxylic acids is 1. The average molecular weight is 344 g/mol. The van der Waals surface area contributed by atoms with Gasteiger partial charge in [0.1, 0.15) is 0 Å². The van der Waals surface area contributed by atoms with E-state index in [0.717, 1.165) is 5.56 Å². The minimum Gasteiger partial charge on any atom is -0.480 e. The van der Waals surface area contributed by atoms with E-state index >= 15 is 0 Å². The second-order valence-electron chi connectivity index (χ2n) is 5.55. The quantitative estimate of drug-likeness (QED) is 0.915. The van der Waals surface area contributed by atoms with Gasteiger partial charge in [0.15, 0.2) is 6.04 Å². The summed E-state index contributed by atoms with van der Waals surface area (Å²) in [4.78, 5) is 25.2. The Balaban J connectivity index is 1.74. The van der Waals surface area contributed by atoms with Crippen molar-refractivity contribution in [1.82, 2.24) is 4.90 Å². The molecule has 1 aliphatic heterocycles. The smallest absolute Gasteiger partial charge is 0.328 e. The third-order valence-electron chi connectivity index (χ3n) is 4.19. The number of amides is 1. The van der Waals surface area contributed by atoms with Crippen LogP contribution in [0.5, 0.6) is 0 Å². The molecule has 1 N–H and O–H groups in total. The molecule has 0 aromatic heterocycles. The Morgan fingerprint density at radius 3 is 2.82 bits per heavy atom. The molecule has 0 spiro atoms. The van der Waals surface area contributed by atoms with Gasteiger partial charge in [0.2, 0.25) is 5.91 Å². The van der Waals surface area contributed by atoms with E-state index in [1.54, 1.807) is 12.1 Å². The maximum atomic E-state index is 12.6. The van der Waals surface area contributed by atoms with Gasteiger partial charge in [-0.05, 0) is 24.0 Å². The Morgan fingerprint density at radius 2 is 2.09 bits per heavy atom. The second-order valence-corrected chi connectivity index (χ2v) is 6.34. The summed E-state index contributed by atoms with van der Waals surface area (Å²) in [6, 6.07) is 4.46. The van der Waals surface area contributed by atoms with Crippen LogP contribution in [0.15, 0.2) is 18.2 Å². The molecular weight excluding hydrogens is 329 g/mol. The number of rotatable bonds is 3. The lowest BCUT2D eigenvalue weighted by Crippen LogP contribution is -2.53. The van der Waals surface area contributed by atoms with Gasteiger partial charge < -0.3 is 14.7 Å². The number of hydrogen-bond donors (Lipinski definition) is 1. The van der Waals surface area contributed by atoms with Crippen LogP contribution in [0.25, 0.3) is 0 Å². The summed E-state index contributed by atoms with van der Waals surface area (Å²) < 4.78 is 5.16. The van der Waals surface area contributed by atoms with Gasteiger partial charge in [-0.2, -0.15) is 0 Å². The molecule has 1 heterocycles. The van der Waals surface area contributed by atoms with Crippen LogP contribution in [0.4, 0.5) is 0 Å². The number of benzene rings is 1. The van der Waals surface area contributed by atoms with Crippen LogP contribution in [-0.2, 0) is 14.3 Å². The standard InChI is InChI=1S/C15H15Cl2NO4/c16-11-3-1-2-8(13(11)17)9-6-10(9)14(19)18-4-5-22-7-12(18)15(20)21/h1-3,9-10,12H,4-7H2,(H,20,21)/t9-,10-,12-/m0/s1. The monoisotopic (exact) mass is 343 g/mol. The highest BCUT2D eigenvalue weighted by Gasteiger charge is 2.49. The number of carbonyl (C=O) groups is 2. The summed E-state index contributed by atoms with van der Waals surface area (Å²) in [5.41, 5.74) is 0.854. The zero-order chi connectivity index (χ0) is 15.9. The normalized spacial score (nSPS) is 27.5. The van der Waals surface area contributed by atoms with Crippen LogP contribution in [-0.4, -0.2) is 47.7 Å². The second kappa shape index (κ2) is 6.07. The van der Waals surface area contributed by atoms with E-state index in [9.17, 15) is 14.7 Å². The first kappa shape index (κ1) is 15.6. The van der Waals surface area contributed by atoms with E-state index in [4.69, 9.17) is 27.9 Å². The van der Waals surface area contributed by atoms with Gasteiger partial charge in [0.05, 0.1) is 23.3 Å². The molecule has 118 valence electrons. The SMILES string of the molecule is O=C(O)[C@@H]1COCCN1C(=O)[C@H]1C[C@H]1c1cccc(Cl)c1Cl. The highest BCUT2D eigenvalue weighted by atomic mass is 35.5. The van der Waals surface area contributed by atoms with Crippen LogP contribution in [0.3, 0.4) is 0 Å². The molecule has 1 saturated heterocycles. The van der Waals surface area contributed by atoms with E-state index < -0.39 is 12.0 Å². The minimum atomic E-state index is -1.04. The zero-order valence-corrected chi connectivity index (χ0v) is 13.2. The maximum absolute atomic E-state index is 12.6. The lowest BCUT2D eigenvalue weighted by Gasteiger charge is -2.33. The number of morpholine rings is 1. The van der Waals surface area contributed by atoms with E-state index in [0.29, 0.717) is 29.6 Å². The van der Waals surface area contributed by atoms with Crippen molar-refractivity contribution >= 4 is 35.1 Å². The number of hydrogen-bond acceptors (Lipinski definition) is 3. The first-order valence-corrected chi connectivity index (χ1v) is 7.81. The van der Waals surface area contributed by atoms with Gasteiger partial charge in [-0.15, -0.1) is 0 Å². The highest BCUT2D eigenvalue weighted by molar-refractivity contribution is 6.42. The highest BCUT2D eigenvalue weighted by Crippen LogP contribution is 2.51. The fourth-order valence-electron chi connectivity index (χ4n) is 2.90. The molecule has 0 bridgehead atoms. The van der Waals surface area contributed by atoms with Gasteiger partial charge in [-0.3, -0.25) is 4.79 Å². The Hall–Kier alpha value is -1.30. The van der Waals surface area contributed by atoms with Crippen LogP contribution in [0, 0.1) is 5.92 Å². The van der Waals surface area contributed by atoms with Crippen molar-refractivity contribution in [3.63, 3.8) is 0 Å². The summed E-state index contributed by atoms with van der Waals surface area (Å²) in [6.07, 6.45) is 0.669. The van der Waals surface area contributed by atoms with Crippen molar-refractivity contribution in [3.8, 4) is 0 Å². The molecule has 2 aliphatic rings.